The number of hydrogen-bond acceptors (Lipinski definition) is 1. The molecule has 0 fully saturated rings. The van der Waals surface area contributed by atoms with E-state index in [9.17, 15) is 4.79 Å². The molecule has 0 atom stereocenters. The topological polar surface area (TPSA) is 41.1 Å². The summed E-state index contributed by atoms with van der Waals surface area (Å²) >= 11 is 0. The lowest BCUT2D eigenvalue weighted by molar-refractivity contribution is 0.252. The second-order valence-electron chi connectivity index (χ2n) is 6.07. The van der Waals surface area contributed by atoms with Gasteiger partial charge in [0.2, 0.25) is 0 Å². The van der Waals surface area contributed by atoms with Gasteiger partial charge in [-0.2, -0.15) is 0 Å². The average Bonchev–Trinajstić information content (AvgIpc) is 2.56. The third kappa shape index (κ3) is 5.78. The van der Waals surface area contributed by atoms with Crippen molar-refractivity contribution >= 4 is 11.7 Å². The number of benzene rings is 2. The van der Waals surface area contributed by atoms with Crippen LogP contribution in [0.1, 0.15) is 43.7 Å². The molecule has 0 aliphatic rings. The normalized spacial score (nSPS) is 10.6. The number of hydrogen-bond donors (Lipinski definition) is 2. The molecule has 0 spiro atoms. The van der Waals surface area contributed by atoms with Gasteiger partial charge in [0.15, 0.2) is 0 Å². The van der Waals surface area contributed by atoms with Gasteiger partial charge in [-0.15, -0.1) is 0 Å². The summed E-state index contributed by atoms with van der Waals surface area (Å²) in [4.78, 5) is 12.0. The third-order valence-electron chi connectivity index (χ3n) is 3.85. The zero-order valence-electron chi connectivity index (χ0n) is 14.0. The van der Waals surface area contributed by atoms with Crippen molar-refractivity contribution in [3.63, 3.8) is 0 Å². The highest BCUT2D eigenvalue weighted by molar-refractivity contribution is 5.90. The van der Waals surface area contributed by atoms with Crippen molar-refractivity contribution in [2.75, 3.05) is 11.9 Å². The minimum atomic E-state index is -0.127. The van der Waals surface area contributed by atoms with Gasteiger partial charge in [-0.25, -0.2) is 4.79 Å². The van der Waals surface area contributed by atoms with Gasteiger partial charge < -0.3 is 10.6 Å². The van der Waals surface area contributed by atoms with Crippen LogP contribution in [0.4, 0.5) is 10.5 Å². The van der Waals surface area contributed by atoms with Crippen molar-refractivity contribution in [2.45, 2.75) is 39.0 Å². The minimum absolute atomic E-state index is 0.127. The molecule has 122 valence electrons. The van der Waals surface area contributed by atoms with Gasteiger partial charge in [0.25, 0.3) is 0 Å². The van der Waals surface area contributed by atoms with E-state index in [0.29, 0.717) is 12.5 Å². The Morgan fingerprint density at radius 3 is 2.39 bits per heavy atom. The zero-order chi connectivity index (χ0) is 16.5. The van der Waals surface area contributed by atoms with Crippen molar-refractivity contribution in [3.8, 4) is 0 Å². The molecule has 23 heavy (non-hydrogen) atoms. The number of carbonyl (C=O) groups excluding carboxylic acids is 1. The van der Waals surface area contributed by atoms with Gasteiger partial charge in [0.1, 0.15) is 0 Å². The Labute approximate surface area is 139 Å². The molecule has 0 heterocycles. The van der Waals surface area contributed by atoms with Gasteiger partial charge in [-0.05, 0) is 42.4 Å². The van der Waals surface area contributed by atoms with Crippen LogP contribution in [0.15, 0.2) is 54.6 Å². The first-order valence-electron chi connectivity index (χ1n) is 8.34. The van der Waals surface area contributed by atoms with Gasteiger partial charge in [0.05, 0.1) is 0 Å². The Hall–Kier alpha value is -2.29. The standard InChI is InChI=1S/C20H26N2O/c1-16(2)18-13-6-7-14-19(18)22-20(23)21-15-9-8-12-17-10-4-3-5-11-17/h3-7,10-11,13-14,16H,8-9,12,15H2,1-2H3,(H2,21,22,23). The maximum Gasteiger partial charge on any atom is 0.319 e. The molecule has 2 aromatic rings. The first-order chi connectivity index (χ1) is 11.2. The van der Waals surface area contributed by atoms with Crippen LogP contribution in [-0.2, 0) is 6.42 Å². The highest BCUT2D eigenvalue weighted by Gasteiger charge is 2.08. The van der Waals surface area contributed by atoms with Crippen molar-refractivity contribution in [3.05, 3.63) is 65.7 Å². The van der Waals surface area contributed by atoms with E-state index in [2.05, 4.69) is 54.8 Å². The van der Waals surface area contributed by atoms with Crippen LogP contribution < -0.4 is 10.6 Å². The number of para-hydroxylation sites is 1. The van der Waals surface area contributed by atoms with Crippen molar-refractivity contribution < 1.29 is 4.79 Å². The summed E-state index contributed by atoms with van der Waals surface area (Å²) < 4.78 is 0. The molecular formula is C20H26N2O. The second kappa shape index (κ2) is 8.99. The highest BCUT2D eigenvalue weighted by atomic mass is 16.2. The van der Waals surface area contributed by atoms with E-state index in [-0.39, 0.29) is 6.03 Å². The van der Waals surface area contributed by atoms with E-state index in [1.807, 2.05) is 24.3 Å². The number of urea groups is 1. The van der Waals surface area contributed by atoms with Crippen LogP contribution in [0.2, 0.25) is 0 Å². The molecule has 3 nitrogen and oxygen atoms in total. The smallest absolute Gasteiger partial charge is 0.319 e. The minimum Gasteiger partial charge on any atom is -0.338 e. The van der Waals surface area contributed by atoms with Crippen molar-refractivity contribution in [1.82, 2.24) is 5.32 Å². The van der Waals surface area contributed by atoms with Crippen LogP contribution in [0.5, 0.6) is 0 Å². The first-order valence-corrected chi connectivity index (χ1v) is 8.34. The lowest BCUT2D eigenvalue weighted by atomic mass is 10.0. The predicted molar refractivity (Wildman–Crippen MR) is 96.9 cm³/mol. The first kappa shape index (κ1) is 17.1. The van der Waals surface area contributed by atoms with Crippen molar-refractivity contribution in [1.29, 1.82) is 0 Å². The van der Waals surface area contributed by atoms with Gasteiger partial charge >= 0.3 is 6.03 Å². The Balaban J connectivity index is 1.69. The average molecular weight is 310 g/mol. The zero-order valence-corrected chi connectivity index (χ0v) is 14.0. The highest BCUT2D eigenvalue weighted by Crippen LogP contribution is 2.23. The van der Waals surface area contributed by atoms with Gasteiger partial charge in [-0.3, -0.25) is 0 Å². The van der Waals surface area contributed by atoms with E-state index in [1.165, 1.54) is 5.56 Å². The van der Waals surface area contributed by atoms with Crippen LogP contribution >= 0.6 is 0 Å². The molecule has 2 rings (SSSR count). The molecular weight excluding hydrogens is 284 g/mol. The largest absolute Gasteiger partial charge is 0.338 e. The number of anilines is 1. The molecule has 0 saturated heterocycles. The van der Waals surface area contributed by atoms with Crippen LogP contribution in [0.25, 0.3) is 0 Å². The fourth-order valence-electron chi connectivity index (χ4n) is 2.58. The van der Waals surface area contributed by atoms with Gasteiger partial charge in [-0.1, -0.05) is 62.4 Å². The van der Waals surface area contributed by atoms with E-state index in [0.717, 1.165) is 30.5 Å². The lowest BCUT2D eigenvalue weighted by Gasteiger charge is -2.14. The SMILES string of the molecule is CC(C)c1ccccc1NC(=O)NCCCCc1ccccc1. The Morgan fingerprint density at radius 2 is 1.65 bits per heavy atom. The Morgan fingerprint density at radius 1 is 0.957 bits per heavy atom. The third-order valence-corrected chi connectivity index (χ3v) is 3.85. The quantitative estimate of drug-likeness (QED) is 0.698. The van der Waals surface area contributed by atoms with E-state index in [1.54, 1.807) is 0 Å². The van der Waals surface area contributed by atoms with Crippen LogP contribution in [-0.4, -0.2) is 12.6 Å². The predicted octanol–water partition coefficient (Wildman–Crippen LogP) is 4.95. The molecule has 0 bridgehead atoms. The summed E-state index contributed by atoms with van der Waals surface area (Å²) in [6.45, 7) is 4.95. The molecule has 0 aromatic heterocycles. The van der Waals surface area contributed by atoms with Gasteiger partial charge in [0, 0.05) is 12.2 Å². The molecule has 3 heteroatoms. The maximum absolute atomic E-state index is 12.0. The second-order valence-corrected chi connectivity index (χ2v) is 6.07. The number of aryl methyl sites for hydroxylation is 1. The molecule has 2 aromatic carbocycles. The van der Waals surface area contributed by atoms with Crippen molar-refractivity contribution in [2.24, 2.45) is 0 Å². The monoisotopic (exact) mass is 310 g/mol. The summed E-state index contributed by atoms with van der Waals surface area (Å²) in [5, 5.41) is 5.88. The molecule has 2 amide bonds. The number of nitrogens with one attached hydrogen (secondary N) is 2. The maximum atomic E-state index is 12.0. The summed E-state index contributed by atoms with van der Waals surface area (Å²) in [6.07, 6.45) is 3.11. The summed E-state index contributed by atoms with van der Waals surface area (Å²) in [7, 11) is 0. The number of unbranched alkanes of at least 4 members (excludes halogenated alkanes) is 1. The van der Waals surface area contributed by atoms with E-state index < -0.39 is 0 Å². The lowest BCUT2D eigenvalue weighted by Crippen LogP contribution is -2.30. The molecule has 0 aliphatic heterocycles. The number of amides is 2. The van der Waals surface area contributed by atoms with Crippen LogP contribution in [0, 0.1) is 0 Å². The molecule has 0 radical (unpaired) electrons. The summed E-state index contributed by atoms with van der Waals surface area (Å²) in [6, 6.07) is 18.3. The Bertz CT molecular complexity index is 608. The van der Waals surface area contributed by atoms with E-state index >= 15 is 0 Å². The fourth-order valence-corrected chi connectivity index (χ4v) is 2.58. The molecule has 0 aliphatic carbocycles. The number of rotatable bonds is 7. The fraction of sp³-hybridized carbons (Fsp3) is 0.350. The Kier molecular flexibility index (Phi) is 6.67. The summed E-state index contributed by atoms with van der Waals surface area (Å²) in [5.41, 5.74) is 3.40. The molecule has 2 N–H and O–H groups in total. The van der Waals surface area contributed by atoms with Crippen LogP contribution in [0.3, 0.4) is 0 Å². The number of carbonyl (C=O) groups is 1. The summed E-state index contributed by atoms with van der Waals surface area (Å²) in [5.74, 6) is 0.386. The molecule has 0 saturated carbocycles. The van der Waals surface area contributed by atoms with E-state index in [4.69, 9.17) is 0 Å². The molecule has 0 unspecified atom stereocenters.